The Hall–Kier alpha value is -2.49. The summed E-state index contributed by atoms with van der Waals surface area (Å²) in [4.78, 5) is 15.8. The lowest BCUT2D eigenvalue weighted by molar-refractivity contribution is 0.101. The molecule has 0 spiro atoms. The third-order valence-corrected chi connectivity index (χ3v) is 5.40. The summed E-state index contributed by atoms with van der Waals surface area (Å²) in [7, 11) is 0. The molecule has 124 valence electrons. The van der Waals surface area contributed by atoms with Crippen molar-refractivity contribution in [1.29, 1.82) is 0 Å². The van der Waals surface area contributed by atoms with Gasteiger partial charge in [0.2, 0.25) is 0 Å². The molecular weight excluding hydrogens is 300 g/mol. The first-order valence-electron chi connectivity index (χ1n) is 8.62. The minimum absolute atomic E-state index is 0.0245. The molecule has 2 aromatic rings. The molecule has 0 saturated carbocycles. The molecule has 4 nitrogen and oxygen atoms in total. The number of rotatable bonds is 1. The van der Waals surface area contributed by atoms with Crippen LogP contribution in [-0.2, 0) is 6.42 Å². The molecule has 0 aromatic heterocycles. The zero-order chi connectivity index (χ0) is 16.7. The zero-order valence-electron chi connectivity index (χ0n) is 13.9. The Morgan fingerprint density at radius 1 is 1.08 bits per heavy atom. The first kappa shape index (κ1) is 15.1. The van der Waals surface area contributed by atoms with Crippen molar-refractivity contribution in [3.63, 3.8) is 0 Å². The summed E-state index contributed by atoms with van der Waals surface area (Å²) in [6.07, 6.45) is 0.906. The van der Waals surface area contributed by atoms with Gasteiger partial charge in [-0.2, -0.15) is 0 Å². The highest BCUT2D eigenvalue weighted by atomic mass is 16.4. The van der Waals surface area contributed by atoms with Gasteiger partial charge in [0.1, 0.15) is 0 Å². The highest BCUT2D eigenvalue weighted by Crippen LogP contribution is 2.42. The average molecular weight is 322 g/mol. The van der Waals surface area contributed by atoms with Crippen molar-refractivity contribution in [3.05, 3.63) is 65.2 Å². The van der Waals surface area contributed by atoms with Gasteiger partial charge in [-0.15, -0.1) is 0 Å². The van der Waals surface area contributed by atoms with Crippen molar-refractivity contribution < 1.29 is 9.90 Å². The topological polar surface area (TPSA) is 43.8 Å². The second kappa shape index (κ2) is 5.86. The van der Waals surface area contributed by atoms with Crippen LogP contribution in [0.3, 0.4) is 0 Å². The van der Waals surface area contributed by atoms with E-state index < -0.39 is 6.09 Å². The van der Waals surface area contributed by atoms with Crippen LogP contribution in [0.1, 0.15) is 36.1 Å². The van der Waals surface area contributed by atoms with Crippen molar-refractivity contribution >= 4 is 11.8 Å². The number of hydrogen-bond acceptors (Lipinski definition) is 2. The molecule has 1 fully saturated rings. The first-order chi connectivity index (χ1) is 11.7. The lowest BCUT2D eigenvalue weighted by Gasteiger charge is -2.47. The summed E-state index contributed by atoms with van der Waals surface area (Å²) >= 11 is 0. The summed E-state index contributed by atoms with van der Waals surface area (Å²) in [5.41, 5.74) is 5.16. The van der Waals surface area contributed by atoms with Gasteiger partial charge < -0.3 is 14.9 Å². The normalized spacial score (nSPS) is 22.2. The number of anilines is 1. The summed E-state index contributed by atoms with van der Waals surface area (Å²) in [5.74, 6) is 0. The standard InChI is InChI=1S/C20H22N2O2/c1-2-17-19-16-9-5-3-7-14(16)13-15-8-4-6-10-18(15)21(19)11-12-22(17)20(23)24/h3-10,17,19H,2,11-13H2,1H3,(H,23,24). The largest absolute Gasteiger partial charge is 0.465 e. The van der Waals surface area contributed by atoms with Crippen LogP contribution in [0.2, 0.25) is 0 Å². The molecule has 0 bridgehead atoms. The molecule has 4 rings (SSSR count). The predicted molar refractivity (Wildman–Crippen MR) is 94.6 cm³/mol. The van der Waals surface area contributed by atoms with Crippen LogP contribution in [0.15, 0.2) is 48.5 Å². The average Bonchev–Trinajstić information content (AvgIpc) is 2.75. The fraction of sp³-hybridized carbons (Fsp3) is 0.350. The van der Waals surface area contributed by atoms with Crippen LogP contribution in [0.25, 0.3) is 0 Å². The SMILES string of the molecule is CCC1C2c3ccccc3Cc3ccccc3N2CCN1C(=O)O. The van der Waals surface area contributed by atoms with E-state index in [0.29, 0.717) is 6.54 Å². The molecule has 2 aromatic carbocycles. The summed E-state index contributed by atoms with van der Waals surface area (Å²) < 4.78 is 0. The van der Waals surface area contributed by atoms with Gasteiger partial charge in [-0.3, -0.25) is 0 Å². The maximum absolute atomic E-state index is 11.7. The van der Waals surface area contributed by atoms with Crippen molar-refractivity contribution in [1.82, 2.24) is 4.90 Å². The Bertz CT molecular complexity index is 774. The summed E-state index contributed by atoms with van der Waals surface area (Å²) in [5, 5.41) is 9.65. The Labute approximate surface area is 142 Å². The van der Waals surface area contributed by atoms with Gasteiger partial charge in [0.15, 0.2) is 0 Å². The molecule has 2 aliphatic heterocycles. The van der Waals surface area contributed by atoms with Crippen LogP contribution in [-0.4, -0.2) is 35.2 Å². The Kier molecular flexibility index (Phi) is 3.68. The second-order valence-electron chi connectivity index (χ2n) is 6.59. The van der Waals surface area contributed by atoms with Gasteiger partial charge in [-0.05, 0) is 35.6 Å². The van der Waals surface area contributed by atoms with Crippen molar-refractivity contribution in [2.45, 2.75) is 31.8 Å². The maximum atomic E-state index is 11.7. The molecule has 2 heterocycles. The number of nitrogens with zero attached hydrogens (tertiary/aromatic N) is 2. The van der Waals surface area contributed by atoms with Crippen LogP contribution < -0.4 is 4.90 Å². The highest BCUT2D eigenvalue weighted by molar-refractivity contribution is 5.68. The monoisotopic (exact) mass is 322 g/mol. The van der Waals surface area contributed by atoms with E-state index >= 15 is 0 Å². The second-order valence-corrected chi connectivity index (χ2v) is 6.59. The van der Waals surface area contributed by atoms with E-state index in [2.05, 4.69) is 60.4 Å². The number of carbonyl (C=O) groups is 1. The molecule has 4 heteroatoms. The molecule has 0 radical (unpaired) electrons. The van der Waals surface area contributed by atoms with E-state index in [1.807, 2.05) is 0 Å². The Balaban J connectivity index is 1.91. The van der Waals surface area contributed by atoms with E-state index in [-0.39, 0.29) is 12.1 Å². The van der Waals surface area contributed by atoms with E-state index in [1.165, 1.54) is 22.4 Å². The van der Waals surface area contributed by atoms with E-state index in [0.717, 1.165) is 19.4 Å². The van der Waals surface area contributed by atoms with Crippen LogP contribution in [0.4, 0.5) is 10.5 Å². The van der Waals surface area contributed by atoms with Gasteiger partial charge in [-0.25, -0.2) is 4.79 Å². The van der Waals surface area contributed by atoms with Crippen molar-refractivity contribution in [3.8, 4) is 0 Å². The van der Waals surface area contributed by atoms with Crippen LogP contribution in [0.5, 0.6) is 0 Å². The third kappa shape index (κ3) is 2.25. The minimum Gasteiger partial charge on any atom is -0.465 e. The van der Waals surface area contributed by atoms with Gasteiger partial charge >= 0.3 is 6.09 Å². The number of amides is 1. The lowest BCUT2D eigenvalue weighted by Crippen LogP contribution is -2.56. The van der Waals surface area contributed by atoms with Gasteiger partial charge in [0, 0.05) is 18.8 Å². The minimum atomic E-state index is -0.809. The fourth-order valence-electron chi connectivity index (χ4n) is 4.35. The molecule has 2 unspecified atom stereocenters. The van der Waals surface area contributed by atoms with Crippen LogP contribution >= 0.6 is 0 Å². The van der Waals surface area contributed by atoms with E-state index in [9.17, 15) is 9.90 Å². The number of para-hydroxylation sites is 1. The fourth-order valence-corrected chi connectivity index (χ4v) is 4.35. The van der Waals surface area contributed by atoms with Gasteiger partial charge in [0.05, 0.1) is 12.1 Å². The maximum Gasteiger partial charge on any atom is 0.407 e. The number of benzene rings is 2. The number of carboxylic acid groups (broad SMARTS) is 1. The Morgan fingerprint density at radius 3 is 2.54 bits per heavy atom. The molecule has 2 atom stereocenters. The number of hydrogen-bond donors (Lipinski definition) is 1. The van der Waals surface area contributed by atoms with E-state index in [4.69, 9.17) is 0 Å². The summed E-state index contributed by atoms with van der Waals surface area (Å²) in [6, 6.07) is 17.1. The molecule has 1 saturated heterocycles. The van der Waals surface area contributed by atoms with Crippen molar-refractivity contribution in [2.24, 2.45) is 0 Å². The molecule has 0 aliphatic carbocycles. The van der Waals surface area contributed by atoms with Gasteiger partial charge in [0.25, 0.3) is 0 Å². The molecule has 2 aliphatic rings. The quantitative estimate of drug-likeness (QED) is 0.865. The lowest BCUT2D eigenvalue weighted by atomic mass is 9.89. The number of fused-ring (bicyclic) bond motifs is 5. The highest BCUT2D eigenvalue weighted by Gasteiger charge is 2.41. The molecular formula is C20H22N2O2. The number of piperazine rings is 1. The van der Waals surface area contributed by atoms with Crippen molar-refractivity contribution in [2.75, 3.05) is 18.0 Å². The third-order valence-electron chi connectivity index (χ3n) is 5.40. The molecule has 24 heavy (non-hydrogen) atoms. The molecule has 1 amide bonds. The Morgan fingerprint density at radius 2 is 1.79 bits per heavy atom. The smallest absolute Gasteiger partial charge is 0.407 e. The van der Waals surface area contributed by atoms with Crippen LogP contribution in [0, 0.1) is 0 Å². The predicted octanol–water partition coefficient (Wildman–Crippen LogP) is 3.91. The summed E-state index contributed by atoms with van der Waals surface area (Å²) in [6.45, 7) is 3.38. The molecule has 1 N–H and O–H groups in total. The first-order valence-corrected chi connectivity index (χ1v) is 8.62. The van der Waals surface area contributed by atoms with Gasteiger partial charge in [-0.1, -0.05) is 49.4 Å². The zero-order valence-corrected chi connectivity index (χ0v) is 13.9. The van der Waals surface area contributed by atoms with E-state index in [1.54, 1.807) is 4.90 Å².